The molecular weight excluding hydrogens is 298 g/mol. The molecule has 3 N–H and O–H groups in total. The molecule has 2 unspecified atom stereocenters. The molecule has 0 heterocycles. The molecule has 1 aromatic rings. The zero-order valence-corrected chi connectivity index (χ0v) is 14.5. The van der Waals surface area contributed by atoms with Gasteiger partial charge in [-0.05, 0) is 37.8 Å². The third-order valence-corrected chi connectivity index (χ3v) is 4.10. The van der Waals surface area contributed by atoms with Crippen LogP contribution in [-0.4, -0.2) is 37.9 Å². The first-order chi connectivity index (χ1) is 10.8. The third kappa shape index (κ3) is 4.51. The highest BCUT2D eigenvalue weighted by atomic mass is 16.5. The van der Waals surface area contributed by atoms with E-state index in [2.05, 4.69) is 0 Å². The molecule has 1 rings (SSSR count). The number of benzene rings is 1. The molecule has 0 aliphatic rings. The molecule has 0 amide bonds. The highest BCUT2D eigenvalue weighted by Gasteiger charge is 2.32. The summed E-state index contributed by atoms with van der Waals surface area (Å²) in [5.41, 5.74) is 5.50. The second-order valence-electron chi connectivity index (χ2n) is 5.89. The summed E-state index contributed by atoms with van der Waals surface area (Å²) in [4.78, 5) is 11.3. The van der Waals surface area contributed by atoms with Crippen molar-refractivity contribution in [2.24, 2.45) is 11.7 Å². The number of hydrogen-bond donors (Lipinski definition) is 2. The summed E-state index contributed by atoms with van der Waals surface area (Å²) >= 11 is 0. The van der Waals surface area contributed by atoms with Gasteiger partial charge in [0.1, 0.15) is 11.3 Å². The van der Waals surface area contributed by atoms with Crippen molar-refractivity contribution in [2.75, 3.05) is 21.3 Å². The maximum absolute atomic E-state index is 11.3. The van der Waals surface area contributed by atoms with Crippen LogP contribution in [-0.2, 0) is 11.2 Å². The van der Waals surface area contributed by atoms with Gasteiger partial charge in [0.15, 0.2) is 11.5 Å². The van der Waals surface area contributed by atoms with Gasteiger partial charge in [0.25, 0.3) is 0 Å². The number of carboxylic acid groups (broad SMARTS) is 1. The minimum atomic E-state index is -1.26. The average molecular weight is 325 g/mol. The van der Waals surface area contributed by atoms with Gasteiger partial charge in [0, 0.05) is 5.56 Å². The van der Waals surface area contributed by atoms with Crippen LogP contribution in [0.2, 0.25) is 0 Å². The Bertz CT molecular complexity index is 542. The lowest BCUT2D eigenvalue weighted by molar-refractivity contribution is -0.143. The second-order valence-corrected chi connectivity index (χ2v) is 5.89. The Labute approximate surface area is 137 Å². The molecule has 1 aromatic carbocycles. The van der Waals surface area contributed by atoms with E-state index in [1.165, 1.54) is 6.92 Å². The van der Waals surface area contributed by atoms with Crippen molar-refractivity contribution >= 4 is 5.97 Å². The van der Waals surface area contributed by atoms with Crippen molar-refractivity contribution in [3.8, 4) is 17.2 Å². The molecule has 130 valence electrons. The number of carboxylic acids is 1. The Morgan fingerprint density at radius 1 is 1.22 bits per heavy atom. The van der Waals surface area contributed by atoms with E-state index >= 15 is 0 Å². The van der Waals surface area contributed by atoms with Crippen molar-refractivity contribution in [3.63, 3.8) is 0 Å². The van der Waals surface area contributed by atoms with Gasteiger partial charge in [-0.2, -0.15) is 0 Å². The zero-order chi connectivity index (χ0) is 17.6. The van der Waals surface area contributed by atoms with E-state index in [1.807, 2.05) is 13.0 Å². The van der Waals surface area contributed by atoms with Crippen LogP contribution in [0.4, 0.5) is 0 Å². The van der Waals surface area contributed by atoms with Crippen molar-refractivity contribution in [3.05, 3.63) is 17.7 Å². The molecule has 0 aromatic heterocycles. The van der Waals surface area contributed by atoms with Crippen LogP contribution < -0.4 is 19.9 Å². The van der Waals surface area contributed by atoms with Crippen molar-refractivity contribution in [2.45, 2.75) is 38.6 Å². The number of methoxy groups -OCH3 is 3. The Hall–Kier alpha value is -1.95. The fourth-order valence-corrected chi connectivity index (χ4v) is 2.69. The maximum Gasteiger partial charge on any atom is 0.323 e. The molecule has 0 fully saturated rings. The largest absolute Gasteiger partial charge is 0.496 e. The first-order valence-corrected chi connectivity index (χ1v) is 7.60. The predicted molar refractivity (Wildman–Crippen MR) is 88.4 cm³/mol. The van der Waals surface area contributed by atoms with Crippen LogP contribution in [0.3, 0.4) is 0 Å². The van der Waals surface area contributed by atoms with E-state index in [1.54, 1.807) is 27.4 Å². The molecule has 0 bridgehead atoms. The van der Waals surface area contributed by atoms with Gasteiger partial charge in [0.2, 0.25) is 0 Å². The number of hydrogen-bond acceptors (Lipinski definition) is 5. The Morgan fingerprint density at radius 3 is 2.22 bits per heavy atom. The molecular formula is C17H27NO5. The smallest absolute Gasteiger partial charge is 0.323 e. The first kappa shape index (κ1) is 19.1. The van der Waals surface area contributed by atoms with Crippen LogP contribution in [0.15, 0.2) is 12.1 Å². The number of nitrogens with two attached hydrogens (primary N) is 1. The van der Waals surface area contributed by atoms with Gasteiger partial charge in [-0.3, -0.25) is 4.79 Å². The van der Waals surface area contributed by atoms with Gasteiger partial charge < -0.3 is 25.1 Å². The first-order valence-electron chi connectivity index (χ1n) is 7.60. The molecule has 2 atom stereocenters. The standard InChI is InChI=1S/C17H27NO5/c1-6-11(10-17(2,18)16(19)20)9-12-13(21-3)7-8-14(22-4)15(12)23-5/h7-8,11H,6,9-10,18H2,1-5H3,(H,19,20). The summed E-state index contributed by atoms with van der Waals surface area (Å²) in [5.74, 6) is 0.998. The zero-order valence-electron chi connectivity index (χ0n) is 14.5. The second kappa shape index (κ2) is 8.06. The summed E-state index contributed by atoms with van der Waals surface area (Å²) in [7, 11) is 4.74. The van der Waals surface area contributed by atoms with Crippen LogP contribution in [0.5, 0.6) is 17.2 Å². The number of aliphatic carboxylic acids is 1. The van der Waals surface area contributed by atoms with Gasteiger partial charge in [-0.15, -0.1) is 0 Å². The summed E-state index contributed by atoms with van der Waals surface area (Å²) in [6.45, 7) is 3.56. The van der Waals surface area contributed by atoms with E-state index < -0.39 is 11.5 Å². The van der Waals surface area contributed by atoms with E-state index in [0.717, 1.165) is 12.0 Å². The summed E-state index contributed by atoms with van der Waals surface area (Å²) in [6.07, 6.45) is 1.76. The molecule has 23 heavy (non-hydrogen) atoms. The molecule has 0 radical (unpaired) electrons. The summed E-state index contributed by atoms with van der Waals surface area (Å²) < 4.78 is 16.2. The average Bonchev–Trinajstić information content (AvgIpc) is 2.52. The number of rotatable bonds is 9. The Balaban J connectivity index is 3.16. The van der Waals surface area contributed by atoms with Crippen LogP contribution in [0.1, 0.15) is 32.3 Å². The molecule has 0 saturated heterocycles. The molecule has 0 aliphatic carbocycles. The minimum Gasteiger partial charge on any atom is -0.496 e. The summed E-state index contributed by atoms with van der Waals surface area (Å²) in [6, 6.07) is 3.61. The topological polar surface area (TPSA) is 91.0 Å². The molecule has 6 nitrogen and oxygen atoms in total. The summed E-state index contributed by atoms with van der Waals surface area (Å²) in [5, 5.41) is 9.24. The normalized spacial score (nSPS) is 14.7. The number of ether oxygens (including phenoxy) is 3. The highest BCUT2D eigenvalue weighted by Crippen LogP contribution is 2.40. The van der Waals surface area contributed by atoms with E-state index in [-0.39, 0.29) is 5.92 Å². The number of carbonyl (C=O) groups is 1. The van der Waals surface area contributed by atoms with Crippen LogP contribution in [0, 0.1) is 5.92 Å². The quantitative estimate of drug-likeness (QED) is 0.725. The van der Waals surface area contributed by atoms with Gasteiger partial charge in [-0.25, -0.2) is 0 Å². The van der Waals surface area contributed by atoms with Crippen LogP contribution in [0.25, 0.3) is 0 Å². The predicted octanol–water partition coefficient (Wildman–Crippen LogP) is 2.47. The molecule has 0 spiro atoms. The fourth-order valence-electron chi connectivity index (χ4n) is 2.69. The Morgan fingerprint density at radius 2 is 1.78 bits per heavy atom. The van der Waals surface area contributed by atoms with Crippen LogP contribution >= 0.6 is 0 Å². The van der Waals surface area contributed by atoms with E-state index in [4.69, 9.17) is 19.9 Å². The lowest BCUT2D eigenvalue weighted by Crippen LogP contribution is -2.46. The monoisotopic (exact) mass is 325 g/mol. The molecule has 0 aliphatic heterocycles. The maximum atomic E-state index is 11.3. The lowest BCUT2D eigenvalue weighted by atomic mass is 9.84. The van der Waals surface area contributed by atoms with Gasteiger partial charge >= 0.3 is 5.97 Å². The Kier molecular flexibility index (Phi) is 6.69. The third-order valence-electron chi connectivity index (χ3n) is 4.10. The van der Waals surface area contributed by atoms with Gasteiger partial charge in [-0.1, -0.05) is 13.3 Å². The molecule has 6 heteroatoms. The SMILES string of the molecule is CCC(Cc1c(OC)ccc(OC)c1OC)CC(C)(N)C(=O)O. The van der Waals surface area contributed by atoms with Gasteiger partial charge in [0.05, 0.1) is 21.3 Å². The molecule has 0 saturated carbocycles. The fraction of sp³-hybridized carbons (Fsp3) is 0.588. The van der Waals surface area contributed by atoms with E-state index in [9.17, 15) is 9.90 Å². The van der Waals surface area contributed by atoms with Crippen molar-refractivity contribution in [1.29, 1.82) is 0 Å². The van der Waals surface area contributed by atoms with E-state index in [0.29, 0.717) is 30.1 Å². The van der Waals surface area contributed by atoms with Crippen molar-refractivity contribution < 1.29 is 24.1 Å². The minimum absolute atomic E-state index is 0.0796. The highest BCUT2D eigenvalue weighted by molar-refractivity contribution is 5.77. The lowest BCUT2D eigenvalue weighted by Gasteiger charge is -2.26. The van der Waals surface area contributed by atoms with Crippen molar-refractivity contribution in [1.82, 2.24) is 0 Å².